The Bertz CT molecular complexity index is 372. The number of aromatic nitrogens is 2. The molecule has 0 aliphatic carbocycles. The van der Waals surface area contributed by atoms with Gasteiger partial charge in [-0.25, -0.2) is 9.97 Å². The van der Waals surface area contributed by atoms with Crippen molar-refractivity contribution in [1.29, 1.82) is 0 Å². The number of hydrogen-bond acceptors (Lipinski definition) is 4. The predicted octanol–water partition coefficient (Wildman–Crippen LogP) is 2.47. The lowest BCUT2D eigenvalue weighted by atomic mass is 10.1. The summed E-state index contributed by atoms with van der Waals surface area (Å²) in [6.45, 7) is 6.80. The molecule has 1 saturated heterocycles. The lowest BCUT2D eigenvalue weighted by Gasteiger charge is -2.32. The van der Waals surface area contributed by atoms with Gasteiger partial charge in [-0.05, 0) is 26.7 Å². The first-order valence-electron chi connectivity index (χ1n) is 6.44. The number of nitrogens with zero attached hydrogens (tertiary/aromatic N) is 3. The molecule has 0 unspecified atom stereocenters. The van der Waals surface area contributed by atoms with Crippen molar-refractivity contribution in [3.8, 4) is 0 Å². The zero-order valence-corrected chi connectivity index (χ0v) is 12.6. The Hall–Kier alpha value is -0.680. The molecule has 1 aromatic heterocycles. The molecule has 0 N–H and O–H groups in total. The van der Waals surface area contributed by atoms with E-state index < -0.39 is 0 Å². The van der Waals surface area contributed by atoms with Gasteiger partial charge in [-0.15, -0.1) is 0 Å². The molecular weight excluding hydrogens is 294 g/mol. The Labute approximate surface area is 117 Å². The van der Waals surface area contributed by atoms with Gasteiger partial charge in [0.15, 0.2) is 0 Å². The Morgan fingerprint density at radius 1 is 1.33 bits per heavy atom. The van der Waals surface area contributed by atoms with Gasteiger partial charge in [-0.3, -0.25) is 0 Å². The van der Waals surface area contributed by atoms with Crippen LogP contribution in [0, 0.1) is 13.8 Å². The Morgan fingerprint density at radius 2 is 2.06 bits per heavy atom. The van der Waals surface area contributed by atoms with Gasteiger partial charge in [0, 0.05) is 30.2 Å². The van der Waals surface area contributed by atoms with E-state index in [1.54, 1.807) is 0 Å². The van der Waals surface area contributed by atoms with Gasteiger partial charge in [0.25, 0.3) is 0 Å². The number of anilines is 1. The van der Waals surface area contributed by atoms with Crippen LogP contribution >= 0.6 is 15.9 Å². The summed E-state index contributed by atoms with van der Waals surface area (Å²) in [6.07, 6.45) is 2.56. The largest absolute Gasteiger partial charge is 0.377 e. The molecule has 0 saturated carbocycles. The number of alkyl halides is 1. The third kappa shape index (κ3) is 3.65. The number of ether oxygens (including phenoxy) is 1. The Morgan fingerprint density at radius 3 is 2.67 bits per heavy atom. The van der Waals surface area contributed by atoms with E-state index in [4.69, 9.17) is 4.74 Å². The van der Waals surface area contributed by atoms with Crippen LogP contribution in [0.3, 0.4) is 0 Å². The van der Waals surface area contributed by atoms with Crippen molar-refractivity contribution in [2.75, 3.05) is 29.9 Å². The lowest BCUT2D eigenvalue weighted by molar-refractivity contribution is 0.0480. The van der Waals surface area contributed by atoms with Crippen LogP contribution in [0.5, 0.6) is 0 Å². The fraction of sp³-hybridized carbons (Fsp3) is 0.692. The Balaban J connectivity index is 1.92. The van der Waals surface area contributed by atoms with E-state index in [1.807, 2.05) is 13.8 Å². The normalized spacial score (nSPS) is 17.2. The molecule has 0 atom stereocenters. The molecule has 2 rings (SSSR count). The molecule has 2 heterocycles. The highest BCUT2D eigenvalue weighted by Gasteiger charge is 2.20. The van der Waals surface area contributed by atoms with E-state index >= 15 is 0 Å². The van der Waals surface area contributed by atoms with Crippen molar-refractivity contribution < 1.29 is 4.74 Å². The van der Waals surface area contributed by atoms with Crippen LogP contribution in [0.25, 0.3) is 0 Å². The van der Waals surface area contributed by atoms with E-state index in [-0.39, 0.29) is 0 Å². The first-order valence-corrected chi connectivity index (χ1v) is 7.56. The Kier molecular flexibility index (Phi) is 4.95. The second kappa shape index (κ2) is 6.48. The van der Waals surface area contributed by atoms with E-state index in [9.17, 15) is 0 Å². The van der Waals surface area contributed by atoms with E-state index in [0.29, 0.717) is 6.10 Å². The number of halogens is 1. The zero-order chi connectivity index (χ0) is 13.0. The van der Waals surface area contributed by atoms with Gasteiger partial charge in [-0.2, -0.15) is 0 Å². The van der Waals surface area contributed by atoms with Crippen LogP contribution in [0.4, 0.5) is 5.82 Å². The lowest BCUT2D eigenvalue weighted by Crippen LogP contribution is -2.37. The van der Waals surface area contributed by atoms with E-state index in [1.165, 1.54) is 0 Å². The maximum Gasteiger partial charge on any atom is 0.132 e. The van der Waals surface area contributed by atoms with Crippen molar-refractivity contribution in [1.82, 2.24) is 9.97 Å². The van der Waals surface area contributed by atoms with Crippen LogP contribution in [0.2, 0.25) is 0 Å². The molecule has 4 nitrogen and oxygen atoms in total. The molecule has 0 radical (unpaired) electrons. The summed E-state index contributed by atoms with van der Waals surface area (Å²) in [6, 6.07) is 2.06. The number of piperidine rings is 1. The first-order chi connectivity index (χ1) is 8.69. The van der Waals surface area contributed by atoms with Gasteiger partial charge in [0.05, 0.1) is 12.7 Å². The van der Waals surface area contributed by atoms with E-state index in [0.717, 1.165) is 55.2 Å². The number of aryl methyl sites for hydroxylation is 2. The van der Waals surface area contributed by atoms with Gasteiger partial charge in [0.2, 0.25) is 0 Å². The maximum atomic E-state index is 5.76. The fourth-order valence-corrected chi connectivity index (χ4v) is 2.51. The quantitative estimate of drug-likeness (QED) is 0.800. The zero-order valence-electron chi connectivity index (χ0n) is 11.0. The fourth-order valence-electron chi connectivity index (χ4n) is 2.32. The molecule has 18 heavy (non-hydrogen) atoms. The SMILES string of the molecule is Cc1cc(N2CCC(OCCBr)CC2)nc(C)n1. The molecule has 5 heteroatoms. The van der Waals surface area contributed by atoms with Crippen LogP contribution in [-0.4, -0.2) is 41.1 Å². The topological polar surface area (TPSA) is 38.2 Å². The molecule has 1 aromatic rings. The first kappa shape index (κ1) is 13.7. The third-order valence-corrected chi connectivity index (χ3v) is 3.47. The smallest absolute Gasteiger partial charge is 0.132 e. The van der Waals surface area contributed by atoms with Gasteiger partial charge < -0.3 is 9.64 Å². The van der Waals surface area contributed by atoms with Crippen LogP contribution in [0.15, 0.2) is 6.07 Å². The minimum atomic E-state index is 0.405. The molecule has 0 amide bonds. The number of rotatable bonds is 4. The summed E-state index contributed by atoms with van der Waals surface area (Å²) in [5.41, 5.74) is 1.04. The average Bonchev–Trinajstić information content (AvgIpc) is 2.36. The molecule has 0 spiro atoms. The van der Waals surface area contributed by atoms with Crippen molar-refractivity contribution in [3.63, 3.8) is 0 Å². The van der Waals surface area contributed by atoms with Crippen LogP contribution in [-0.2, 0) is 4.74 Å². The van der Waals surface area contributed by atoms with Crippen LogP contribution < -0.4 is 4.90 Å². The van der Waals surface area contributed by atoms with Gasteiger partial charge in [0.1, 0.15) is 11.6 Å². The monoisotopic (exact) mass is 313 g/mol. The molecule has 0 bridgehead atoms. The third-order valence-electron chi connectivity index (χ3n) is 3.15. The summed E-state index contributed by atoms with van der Waals surface area (Å²) in [7, 11) is 0. The number of hydrogen-bond donors (Lipinski definition) is 0. The van der Waals surface area contributed by atoms with Crippen molar-refractivity contribution >= 4 is 21.7 Å². The minimum absolute atomic E-state index is 0.405. The second-order valence-corrected chi connectivity index (χ2v) is 5.45. The van der Waals surface area contributed by atoms with Crippen molar-refractivity contribution in [2.24, 2.45) is 0 Å². The molecular formula is C13H20BrN3O. The molecule has 100 valence electrons. The van der Waals surface area contributed by atoms with Gasteiger partial charge in [-0.1, -0.05) is 15.9 Å². The van der Waals surface area contributed by atoms with Crippen molar-refractivity contribution in [2.45, 2.75) is 32.8 Å². The van der Waals surface area contributed by atoms with Gasteiger partial charge >= 0.3 is 0 Å². The maximum absolute atomic E-state index is 5.76. The summed E-state index contributed by atoms with van der Waals surface area (Å²) in [5.74, 6) is 1.90. The highest BCUT2D eigenvalue weighted by molar-refractivity contribution is 9.09. The predicted molar refractivity (Wildman–Crippen MR) is 76.5 cm³/mol. The van der Waals surface area contributed by atoms with Crippen molar-refractivity contribution in [3.05, 3.63) is 17.6 Å². The molecule has 1 fully saturated rings. The highest BCUT2D eigenvalue weighted by Crippen LogP contribution is 2.20. The average molecular weight is 314 g/mol. The highest BCUT2D eigenvalue weighted by atomic mass is 79.9. The summed E-state index contributed by atoms with van der Waals surface area (Å²) >= 11 is 3.39. The minimum Gasteiger partial charge on any atom is -0.377 e. The second-order valence-electron chi connectivity index (χ2n) is 4.66. The molecule has 0 aromatic carbocycles. The molecule has 1 aliphatic heterocycles. The summed E-state index contributed by atoms with van der Waals surface area (Å²) < 4.78 is 5.76. The standard InChI is InChI=1S/C13H20BrN3O/c1-10-9-13(16-11(2)15-10)17-6-3-12(4-7-17)18-8-5-14/h9,12H,3-8H2,1-2H3. The summed E-state index contributed by atoms with van der Waals surface area (Å²) in [4.78, 5) is 11.2. The van der Waals surface area contributed by atoms with E-state index in [2.05, 4.69) is 36.9 Å². The van der Waals surface area contributed by atoms with Crippen LogP contribution in [0.1, 0.15) is 24.4 Å². The summed E-state index contributed by atoms with van der Waals surface area (Å²) in [5, 5.41) is 0.914. The molecule has 1 aliphatic rings.